The van der Waals surface area contributed by atoms with Crippen molar-refractivity contribution in [2.24, 2.45) is 0 Å². The number of hydrogen-bond donors (Lipinski definition) is 1. The van der Waals surface area contributed by atoms with Crippen LogP contribution in [0.15, 0.2) is 63.8 Å². The average Bonchev–Trinajstić information content (AvgIpc) is 2.61. The number of carbonyl (C=O) groups excluding carboxylic acids is 1. The zero-order valence-corrected chi connectivity index (χ0v) is 12.8. The van der Waals surface area contributed by atoms with E-state index in [9.17, 15) is 19.7 Å². The van der Waals surface area contributed by atoms with Crippen LogP contribution >= 0.6 is 0 Å². The molecule has 0 unspecified atom stereocenters. The molecule has 0 aliphatic carbocycles. The molecule has 3 rings (SSSR count). The molecule has 0 atom stereocenters. The van der Waals surface area contributed by atoms with Crippen LogP contribution in [0.1, 0.15) is 5.56 Å². The highest BCUT2D eigenvalue weighted by Crippen LogP contribution is 2.25. The number of fused-ring (bicyclic) bond motifs is 1. The minimum Gasteiger partial charge on any atom is -0.444 e. The standard InChI is InChI=1S/C17H12N2O6/c20-15-12-8-4-5-9-13(12)25-16(14(15)19(22)23)18-17(21)24-10-11-6-2-1-3-7-11/h1-9H,10H2,(H,18,21). The van der Waals surface area contributed by atoms with Crippen LogP contribution in [0, 0.1) is 10.1 Å². The molecule has 1 amide bonds. The van der Waals surface area contributed by atoms with Crippen molar-refractivity contribution in [1.29, 1.82) is 0 Å². The Bertz CT molecular complexity index is 997. The van der Waals surface area contributed by atoms with Crippen LogP contribution in [0.3, 0.4) is 0 Å². The topological polar surface area (TPSA) is 112 Å². The third-order valence-corrected chi connectivity index (χ3v) is 3.38. The molecule has 8 nitrogen and oxygen atoms in total. The van der Waals surface area contributed by atoms with E-state index in [1.165, 1.54) is 12.1 Å². The van der Waals surface area contributed by atoms with Crippen LogP contribution in [-0.4, -0.2) is 11.0 Å². The fraction of sp³-hybridized carbons (Fsp3) is 0.0588. The van der Waals surface area contributed by atoms with Gasteiger partial charge in [0.15, 0.2) is 0 Å². The molecule has 0 saturated heterocycles. The van der Waals surface area contributed by atoms with Gasteiger partial charge in [-0.1, -0.05) is 42.5 Å². The number of anilines is 1. The number of benzene rings is 2. The summed E-state index contributed by atoms with van der Waals surface area (Å²) in [6, 6.07) is 14.9. The molecule has 0 bridgehead atoms. The highest BCUT2D eigenvalue weighted by molar-refractivity contribution is 5.89. The maximum absolute atomic E-state index is 12.3. The number of nitro groups is 1. The van der Waals surface area contributed by atoms with Crippen molar-refractivity contribution in [3.8, 4) is 0 Å². The van der Waals surface area contributed by atoms with Gasteiger partial charge in [-0.2, -0.15) is 0 Å². The molecule has 0 saturated carbocycles. The lowest BCUT2D eigenvalue weighted by Gasteiger charge is -2.07. The van der Waals surface area contributed by atoms with Gasteiger partial charge in [-0.3, -0.25) is 20.2 Å². The quantitative estimate of drug-likeness (QED) is 0.575. The van der Waals surface area contributed by atoms with Gasteiger partial charge in [-0.25, -0.2) is 4.79 Å². The van der Waals surface area contributed by atoms with Crippen molar-refractivity contribution in [3.63, 3.8) is 0 Å². The van der Waals surface area contributed by atoms with E-state index in [4.69, 9.17) is 9.15 Å². The molecule has 0 aliphatic heterocycles. The summed E-state index contributed by atoms with van der Waals surface area (Å²) >= 11 is 0. The highest BCUT2D eigenvalue weighted by Gasteiger charge is 2.26. The minimum absolute atomic E-state index is 0.0295. The van der Waals surface area contributed by atoms with Crippen LogP contribution in [0.25, 0.3) is 11.0 Å². The van der Waals surface area contributed by atoms with Gasteiger partial charge in [0.05, 0.1) is 10.3 Å². The predicted octanol–water partition coefficient (Wildman–Crippen LogP) is 3.45. The number of para-hydroxylation sites is 1. The van der Waals surface area contributed by atoms with Crippen molar-refractivity contribution < 1.29 is 18.9 Å². The second-order valence-corrected chi connectivity index (χ2v) is 5.05. The summed E-state index contributed by atoms with van der Waals surface area (Å²) in [5.74, 6) is -0.563. The van der Waals surface area contributed by atoms with Crippen molar-refractivity contribution in [2.45, 2.75) is 6.61 Å². The first-order valence-corrected chi connectivity index (χ1v) is 7.24. The Kier molecular flexibility index (Phi) is 4.42. The van der Waals surface area contributed by atoms with Crippen LogP contribution in [0.4, 0.5) is 16.4 Å². The number of amides is 1. The smallest absolute Gasteiger partial charge is 0.414 e. The summed E-state index contributed by atoms with van der Waals surface area (Å²) in [6.07, 6.45) is -0.967. The van der Waals surface area contributed by atoms with Gasteiger partial charge in [0.2, 0.25) is 0 Å². The lowest BCUT2D eigenvalue weighted by molar-refractivity contribution is -0.385. The zero-order chi connectivity index (χ0) is 17.8. The summed E-state index contributed by atoms with van der Waals surface area (Å²) in [6.45, 7) is -0.0295. The molecule has 1 heterocycles. The molecule has 126 valence electrons. The normalized spacial score (nSPS) is 10.4. The van der Waals surface area contributed by atoms with E-state index in [2.05, 4.69) is 5.32 Å². The number of rotatable bonds is 4. The van der Waals surface area contributed by atoms with Gasteiger partial charge in [0, 0.05) is 0 Å². The lowest BCUT2D eigenvalue weighted by atomic mass is 10.2. The van der Waals surface area contributed by atoms with E-state index in [-0.39, 0.29) is 17.6 Å². The first-order chi connectivity index (χ1) is 12.1. The number of nitrogens with one attached hydrogen (secondary N) is 1. The number of nitrogens with zero attached hydrogens (tertiary/aromatic N) is 1. The van der Waals surface area contributed by atoms with Crippen LogP contribution in [0.5, 0.6) is 0 Å². The predicted molar refractivity (Wildman–Crippen MR) is 89.4 cm³/mol. The molecular formula is C17H12N2O6. The number of carbonyl (C=O) groups is 1. The van der Waals surface area contributed by atoms with Crippen LogP contribution in [-0.2, 0) is 11.3 Å². The molecule has 1 N–H and O–H groups in total. The number of ether oxygens (including phenoxy) is 1. The van der Waals surface area contributed by atoms with Crippen molar-refractivity contribution >= 4 is 28.6 Å². The lowest BCUT2D eigenvalue weighted by Crippen LogP contribution is -2.18. The van der Waals surface area contributed by atoms with Gasteiger partial charge in [0.1, 0.15) is 12.2 Å². The molecule has 0 spiro atoms. The maximum atomic E-state index is 12.3. The summed E-state index contributed by atoms with van der Waals surface area (Å²) < 4.78 is 10.3. The maximum Gasteiger partial charge on any atom is 0.414 e. The second kappa shape index (κ2) is 6.83. The van der Waals surface area contributed by atoms with Gasteiger partial charge in [0.25, 0.3) is 11.3 Å². The molecule has 2 aromatic carbocycles. The van der Waals surface area contributed by atoms with Gasteiger partial charge in [-0.15, -0.1) is 0 Å². The highest BCUT2D eigenvalue weighted by atomic mass is 16.6. The molecule has 3 aromatic rings. The van der Waals surface area contributed by atoms with E-state index in [1.807, 2.05) is 6.07 Å². The summed E-state index contributed by atoms with van der Waals surface area (Å²) in [5, 5.41) is 13.4. The van der Waals surface area contributed by atoms with E-state index in [0.717, 1.165) is 5.56 Å². The second-order valence-electron chi connectivity index (χ2n) is 5.05. The largest absolute Gasteiger partial charge is 0.444 e. The molecular weight excluding hydrogens is 328 g/mol. The Labute approximate surface area is 140 Å². The SMILES string of the molecule is O=C(Nc1oc2ccccc2c(=O)c1[N+](=O)[O-])OCc1ccccc1. The Balaban J connectivity index is 1.87. The Morgan fingerprint density at radius 3 is 2.52 bits per heavy atom. The van der Waals surface area contributed by atoms with Gasteiger partial charge >= 0.3 is 11.8 Å². The third-order valence-electron chi connectivity index (χ3n) is 3.38. The fourth-order valence-corrected chi connectivity index (χ4v) is 2.23. The number of hydrogen-bond acceptors (Lipinski definition) is 6. The van der Waals surface area contributed by atoms with Crippen molar-refractivity contribution in [3.05, 3.63) is 80.5 Å². The first-order valence-electron chi connectivity index (χ1n) is 7.24. The molecule has 25 heavy (non-hydrogen) atoms. The zero-order valence-electron chi connectivity index (χ0n) is 12.8. The first kappa shape index (κ1) is 16.2. The van der Waals surface area contributed by atoms with Crippen LogP contribution < -0.4 is 10.7 Å². The monoisotopic (exact) mass is 340 g/mol. The van der Waals surface area contributed by atoms with Crippen molar-refractivity contribution in [1.82, 2.24) is 0 Å². The Morgan fingerprint density at radius 2 is 1.80 bits per heavy atom. The molecule has 1 aromatic heterocycles. The third kappa shape index (κ3) is 3.47. The molecule has 0 radical (unpaired) electrons. The average molecular weight is 340 g/mol. The minimum atomic E-state index is -0.967. The summed E-state index contributed by atoms with van der Waals surface area (Å²) in [7, 11) is 0. The molecule has 0 fully saturated rings. The van der Waals surface area contributed by atoms with Gasteiger partial charge < -0.3 is 9.15 Å². The summed E-state index contributed by atoms with van der Waals surface area (Å²) in [4.78, 5) is 34.5. The van der Waals surface area contributed by atoms with Crippen LogP contribution in [0.2, 0.25) is 0 Å². The molecule has 0 aliphatic rings. The molecule has 8 heteroatoms. The van der Waals surface area contributed by atoms with E-state index in [1.54, 1.807) is 36.4 Å². The Morgan fingerprint density at radius 1 is 1.12 bits per heavy atom. The fourth-order valence-electron chi connectivity index (χ4n) is 2.23. The van der Waals surface area contributed by atoms with E-state index >= 15 is 0 Å². The summed E-state index contributed by atoms with van der Waals surface area (Å²) in [5.41, 5.74) is -0.829. The van der Waals surface area contributed by atoms with E-state index in [0.29, 0.717) is 0 Å². The van der Waals surface area contributed by atoms with E-state index < -0.39 is 28.0 Å². The van der Waals surface area contributed by atoms with Gasteiger partial charge in [-0.05, 0) is 17.7 Å². The Hall–Kier alpha value is -3.68. The van der Waals surface area contributed by atoms with Crippen molar-refractivity contribution in [2.75, 3.05) is 5.32 Å².